The van der Waals surface area contributed by atoms with Crippen molar-refractivity contribution < 1.29 is 0 Å². The van der Waals surface area contributed by atoms with Crippen molar-refractivity contribution in [1.29, 1.82) is 5.26 Å². The number of thiocarbonyl (C=S) groups is 1. The van der Waals surface area contributed by atoms with E-state index in [4.69, 9.17) is 17.5 Å². The van der Waals surface area contributed by atoms with Gasteiger partial charge in [0.15, 0.2) is 0 Å². The SMILES string of the molecule is N#Cc1cccc(NC(=S)n2nnc3ccccc32)c1. The van der Waals surface area contributed by atoms with Crippen LogP contribution in [-0.2, 0) is 0 Å². The predicted molar refractivity (Wildman–Crippen MR) is 80.3 cm³/mol. The van der Waals surface area contributed by atoms with Gasteiger partial charge in [0.2, 0.25) is 5.11 Å². The monoisotopic (exact) mass is 279 g/mol. The van der Waals surface area contributed by atoms with Crippen molar-refractivity contribution in [1.82, 2.24) is 15.0 Å². The third-order valence-electron chi connectivity index (χ3n) is 2.79. The standard InChI is InChI=1S/C14H9N5S/c15-9-10-4-3-5-11(8-10)16-14(20)19-13-7-2-1-6-12(13)17-18-19/h1-8H,(H,16,20). The number of nitrogens with one attached hydrogen (secondary N) is 1. The molecular weight excluding hydrogens is 270 g/mol. The van der Waals surface area contributed by atoms with Gasteiger partial charge in [0.25, 0.3) is 0 Å². The van der Waals surface area contributed by atoms with Crippen LogP contribution in [0.3, 0.4) is 0 Å². The summed E-state index contributed by atoms with van der Waals surface area (Å²) < 4.78 is 1.56. The molecule has 6 heteroatoms. The van der Waals surface area contributed by atoms with Crippen LogP contribution in [-0.4, -0.2) is 20.1 Å². The van der Waals surface area contributed by atoms with E-state index in [2.05, 4.69) is 21.7 Å². The average Bonchev–Trinajstić information content (AvgIpc) is 2.91. The number of para-hydroxylation sites is 1. The van der Waals surface area contributed by atoms with E-state index >= 15 is 0 Å². The fourth-order valence-corrected chi connectivity index (χ4v) is 2.11. The van der Waals surface area contributed by atoms with E-state index in [1.165, 1.54) is 0 Å². The van der Waals surface area contributed by atoms with Crippen molar-refractivity contribution in [3.05, 3.63) is 54.1 Å². The molecule has 96 valence electrons. The van der Waals surface area contributed by atoms with Crippen molar-refractivity contribution in [3.8, 4) is 6.07 Å². The quantitative estimate of drug-likeness (QED) is 0.693. The highest BCUT2D eigenvalue weighted by Gasteiger charge is 2.08. The molecule has 0 atom stereocenters. The summed E-state index contributed by atoms with van der Waals surface area (Å²) in [7, 11) is 0. The van der Waals surface area contributed by atoms with Crippen molar-refractivity contribution in [2.45, 2.75) is 0 Å². The maximum absolute atomic E-state index is 8.88. The summed E-state index contributed by atoms with van der Waals surface area (Å²) in [5.74, 6) is 0. The minimum Gasteiger partial charge on any atom is -0.331 e. The second-order valence-corrected chi connectivity index (χ2v) is 4.50. The van der Waals surface area contributed by atoms with E-state index in [-0.39, 0.29) is 0 Å². The van der Waals surface area contributed by atoms with Crippen LogP contribution in [0.1, 0.15) is 5.56 Å². The zero-order valence-corrected chi connectivity index (χ0v) is 11.1. The Balaban J connectivity index is 1.91. The fourth-order valence-electron chi connectivity index (χ4n) is 1.86. The van der Waals surface area contributed by atoms with E-state index in [1.807, 2.05) is 30.3 Å². The molecule has 1 N–H and O–H groups in total. The van der Waals surface area contributed by atoms with Gasteiger partial charge >= 0.3 is 0 Å². The molecule has 0 aliphatic rings. The van der Waals surface area contributed by atoms with E-state index in [9.17, 15) is 0 Å². The molecule has 0 fully saturated rings. The van der Waals surface area contributed by atoms with E-state index in [0.717, 1.165) is 16.7 Å². The van der Waals surface area contributed by atoms with Crippen LogP contribution >= 0.6 is 12.2 Å². The summed E-state index contributed by atoms with van der Waals surface area (Å²) in [5, 5.41) is 20.4. The minimum absolute atomic E-state index is 0.411. The van der Waals surface area contributed by atoms with Gasteiger partial charge in [-0.05, 0) is 42.5 Å². The molecule has 0 saturated carbocycles. The molecule has 0 aliphatic heterocycles. The van der Waals surface area contributed by atoms with Crippen molar-refractivity contribution in [2.24, 2.45) is 0 Å². The molecule has 2 aromatic carbocycles. The summed E-state index contributed by atoms with van der Waals surface area (Å²) in [5.41, 5.74) is 2.93. The number of aromatic nitrogens is 3. The number of anilines is 1. The fraction of sp³-hybridized carbons (Fsp3) is 0. The molecule has 5 nitrogen and oxygen atoms in total. The van der Waals surface area contributed by atoms with Gasteiger partial charge in [-0.25, -0.2) is 0 Å². The first-order valence-electron chi connectivity index (χ1n) is 5.90. The Hall–Kier alpha value is -2.78. The zero-order valence-electron chi connectivity index (χ0n) is 10.3. The largest absolute Gasteiger partial charge is 0.331 e. The van der Waals surface area contributed by atoms with Gasteiger partial charge in [-0.1, -0.05) is 23.4 Å². The van der Waals surface area contributed by atoms with Gasteiger partial charge in [0, 0.05) is 5.69 Å². The first-order chi connectivity index (χ1) is 9.78. The number of fused-ring (bicyclic) bond motifs is 1. The van der Waals surface area contributed by atoms with Crippen LogP contribution < -0.4 is 5.32 Å². The summed E-state index contributed by atoms with van der Waals surface area (Å²) in [6, 6.07) is 16.8. The molecule has 0 saturated heterocycles. The molecule has 0 aliphatic carbocycles. The Morgan fingerprint density at radius 1 is 1.20 bits per heavy atom. The van der Waals surface area contributed by atoms with Crippen LogP contribution in [0.2, 0.25) is 0 Å². The van der Waals surface area contributed by atoms with Gasteiger partial charge in [-0.3, -0.25) is 0 Å². The first kappa shape index (κ1) is 12.3. The van der Waals surface area contributed by atoms with E-state index in [0.29, 0.717) is 10.7 Å². The molecule has 0 radical (unpaired) electrons. The number of nitrogens with zero attached hydrogens (tertiary/aromatic N) is 4. The number of benzene rings is 2. The van der Waals surface area contributed by atoms with Crippen molar-refractivity contribution in [3.63, 3.8) is 0 Å². The predicted octanol–water partition coefficient (Wildman–Crippen LogP) is 2.55. The van der Waals surface area contributed by atoms with Crippen LogP contribution in [0.25, 0.3) is 11.0 Å². The highest BCUT2D eigenvalue weighted by molar-refractivity contribution is 7.80. The summed E-state index contributed by atoms with van der Waals surface area (Å²) >= 11 is 5.33. The maximum atomic E-state index is 8.88. The third-order valence-corrected chi connectivity index (χ3v) is 3.06. The Morgan fingerprint density at radius 3 is 2.90 bits per heavy atom. The van der Waals surface area contributed by atoms with Crippen LogP contribution in [0.5, 0.6) is 0 Å². The zero-order chi connectivity index (χ0) is 13.9. The lowest BCUT2D eigenvalue weighted by molar-refractivity contribution is 0.870. The van der Waals surface area contributed by atoms with Crippen LogP contribution in [0.4, 0.5) is 5.69 Å². The molecule has 20 heavy (non-hydrogen) atoms. The number of hydrogen-bond donors (Lipinski definition) is 1. The Morgan fingerprint density at radius 2 is 2.05 bits per heavy atom. The van der Waals surface area contributed by atoms with Gasteiger partial charge < -0.3 is 5.32 Å². The molecule has 1 aromatic heterocycles. The average molecular weight is 279 g/mol. The van der Waals surface area contributed by atoms with Gasteiger partial charge in [-0.15, -0.1) is 5.10 Å². The van der Waals surface area contributed by atoms with E-state index in [1.54, 1.807) is 22.9 Å². The Kier molecular flexibility index (Phi) is 3.11. The lowest BCUT2D eigenvalue weighted by Gasteiger charge is -2.08. The molecule has 0 bridgehead atoms. The molecule has 3 aromatic rings. The Labute approximate surface area is 120 Å². The lowest BCUT2D eigenvalue weighted by atomic mass is 10.2. The lowest BCUT2D eigenvalue weighted by Crippen LogP contribution is -2.20. The van der Waals surface area contributed by atoms with Gasteiger partial charge in [0.1, 0.15) is 5.52 Å². The van der Waals surface area contributed by atoms with Crippen molar-refractivity contribution in [2.75, 3.05) is 5.32 Å². The summed E-state index contributed by atoms with van der Waals surface area (Å²) in [4.78, 5) is 0. The normalized spacial score (nSPS) is 10.2. The molecule has 3 rings (SSSR count). The number of rotatable bonds is 1. The second-order valence-electron chi connectivity index (χ2n) is 4.11. The molecule has 0 unspecified atom stereocenters. The molecular formula is C14H9N5S. The molecule has 0 spiro atoms. The summed E-state index contributed by atoms with van der Waals surface area (Å²) in [6.45, 7) is 0. The van der Waals surface area contributed by atoms with Gasteiger partial charge in [0.05, 0.1) is 17.1 Å². The Bertz CT molecular complexity index is 831. The van der Waals surface area contributed by atoms with Crippen LogP contribution in [0.15, 0.2) is 48.5 Å². The van der Waals surface area contributed by atoms with E-state index < -0.39 is 0 Å². The molecule has 0 amide bonds. The topological polar surface area (TPSA) is 66.5 Å². The third kappa shape index (κ3) is 2.22. The number of hydrogen-bond acceptors (Lipinski definition) is 4. The highest BCUT2D eigenvalue weighted by Crippen LogP contribution is 2.13. The van der Waals surface area contributed by atoms with Crippen LogP contribution in [0, 0.1) is 11.3 Å². The highest BCUT2D eigenvalue weighted by atomic mass is 32.1. The summed E-state index contributed by atoms with van der Waals surface area (Å²) in [6.07, 6.45) is 0. The minimum atomic E-state index is 0.411. The molecule has 1 heterocycles. The smallest absolute Gasteiger partial charge is 0.200 e. The van der Waals surface area contributed by atoms with Crippen molar-refractivity contribution >= 4 is 34.1 Å². The number of nitriles is 1. The maximum Gasteiger partial charge on any atom is 0.200 e. The first-order valence-corrected chi connectivity index (χ1v) is 6.31. The second kappa shape index (κ2) is 5.07. The van der Waals surface area contributed by atoms with Gasteiger partial charge in [-0.2, -0.15) is 9.94 Å².